The summed E-state index contributed by atoms with van der Waals surface area (Å²) in [7, 11) is -3.93. The zero-order valence-electron chi connectivity index (χ0n) is 20.5. The molecule has 0 aliphatic carbocycles. The highest BCUT2D eigenvalue weighted by Crippen LogP contribution is 2.29. The van der Waals surface area contributed by atoms with Crippen molar-refractivity contribution in [2.45, 2.75) is 43.7 Å². The molecule has 1 fully saturated rings. The Bertz CT molecular complexity index is 1430. The summed E-state index contributed by atoms with van der Waals surface area (Å²) in [6, 6.07) is 18.2. The van der Waals surface area contributed by atoms with Crippen molar-refractivity contribution in [2.75, 3.05) is 11.4 Å². The number of hydrogen-bond donors (Lipinski definition) is 1. The van der Waals surface area contributed by atoms with Crippen LogP contribution in [0, 0.1) is 0 Å². The molecule has 0 aromatic heterocycles. The number of ether oxygens (including phenoxy) is 1. The van der Waals surface area contributed by atoms with Crippen LogP contribution < -0.4 is 9.62 Å². The second-order valence-electron chi connectivity index (χ2n) is 9.68. The summed E-state index contributed by atoms with van der Waals surface area (Å²) in [5.41, 5.74) is 1.96. The molecule has 37 heavy (non-hydrogen) atoms. The molecular formula is C27H26Br2N2O5S. The molecule has 7 nitrogen and oxygen atoms in total. The van der Waals surface area contributed by atoms with Crippen molar-refractivity contribution < 1.29 is 22.7 Å². The molecule has 10 heteroatoms. The number of halogens is 2. The third kappa shape index (κ3) is 6.67. The lowest BCUT2D eigenvalue weighted by Crippen LogP contribution is -2.41. The molecule has 1 saturated heterocycles. The van der Waals surface area contributed by atoms with E-state index >= 15 is 0 Å². The molecule has 0 saturated carbocycles. The predicted octanol–water partition coefficient (Wildman–Crippen LogP) is 5.92. The fourth-order valence-electron chi connectivity index (χ4n) is 3.95. The zero-order chi connectivity index (χ0) is 27.0. The smallest absolute Gasteiger partial charge is 0.338 e. The van der Waals surface area contributed by atoms with Gasteiger partial charge in [0, 0.05) is 21.2 Å². The van der Waals surface area contributed by atoms with Crippen molar-refractivity contribution in [3.63, 3.8) is 0 Å². The lowest BCUT2D eigenvalue weighted by Gasteiger charge is -2.21. The Morgan fingerprint density at radius 3 is 2.14 bits per heavy atom. The molecule has 1 N–H and O–H groups in total. The van der Waals surface area contributed by atoms with Crippen molar-refractivity contribution in [2.24, 2.45) is 0 Å². The summed E-state index contributed by atoms with van der Waals surface area (Å²) in [6.07, 6.45) is 0.295. The van der Waals surface area contributed by atoms with Crippen LogP contribution in [-0.4, -0.2) is 38.5 Å². The number of carbonyl (C=O) groups excluding carboxylic acids is 2. The Hall–Kier alpha value is -2.53. The van der Waals surface area contributed by atoms with Crippen LogP contribution in [0.3, 0.4) is 0 Å². The largest absolute Gasteiger partial charge is 0.456 e. The number of benzene rings is 3. The van der Waals surface area contributed by atoms with Gasteiger partial charge in [-0.05, 0) is 80.8 Å². The van der Waals surface area contributed by atoms with Crippen LogP contribution in [0.1, 0.15) is 37.6 Å². The Balaban J connectivity index is 1.49. The van der Waals surface area contributed by atoms with E-state index in [9.17, 15) is 18.0 Å². The van der Waals surface area contributed by atoms with Gasteiger partial charge in [-0.25, -0.2) is 13.2 Å². The number of esters is 1. The second kappa shape index (κ2) is 10.7. The minimum Gasteiger partial charge on any atom is -0.456 e. The Labute approximate surface area is 233 Å². The highest BCUT2D eigenvalue weighted by Gasteiger charge is 2.36. The van der Waals surface area contributed by atoms with Gasteiger partial charge in [0.15, 0.2) is 0 Å². The summed E-state index contributed by atoms with van der Waals surface area (Å²) >= 11 is 6.79. The lowest BCUT2D eigenvalue weighted by molar-refractivity contribution is -0.118. The van der Waals surface area contributed by atoms with Gasteiger partial charge in [-0.15, -0.1) is 0 Å². The first-order valence-corrected chi connectivity index (χ1v) is 14.6. The topological polar surface area (TPSA) is 92.8 Å². The first-order valence-electron chi connectivity index (χ1n) is 11.6. The van der Waals surface area contributed by atoms with E-state index in [2.05, 4.69) is 36.6 Å². The third-order valence-corrected chi connectivity index (χ3v) is 8.15. The number of sulfonamides is 1. The summed E-state index contributed by atoms with van der Waals surface area (Å²) in [4.78, 5) is 27.3. The van der Waals surface area contributed by atoms with Crippen LogP contribution in [0.2, 0.25) is 0 Å². The van der Waals surface area contributed by atoms with Crippen molar-refractivity contribution in [3.05, 3.63) is 81.2 Å². The van der Waals surface area contributed by atoms with E-state index in [1.165, 1.54) is 17.0 Å². The Morgan fingerprint density at radius 1 is 0.946 bits per heavy atom. The number of anilines is 1. The second-order valence-corrected chi connectivity index (χ2v) is 13.2. The third-order valence-electron chi connectivity index (χ3n) is 5.67. The number of nitrogens with zero attached hydrogens (tertiary/aromatic N) is 1. The van der Waals surface area contributed by atoms with Crippen LogP contribution in [0.25, 0.3) is 11.1 Å². The number of hydrogen-bond acceptors (Lipinski definition) is 5. The van der Waals surface area contributed by atoms with Crippen LogP contribution in [0.4, 0.5) is 5.69 Å². The number of carbonyl (C=O) groups is 2. The first kappa shape index (κ1) is 27.5. The van der Waals surface area contributed by atoms with Crippen LogP contribution in [0.5, 0.6) is 0 Å². The van der Waals surface area contributed by atoms with E-state index in [4.69, 9.17) is 4.74 Å². The molecule has 1 amide bonds. The van der Waals surface area contributed by atoms with Crippen LogP contribution >= 0.6 is 31.9 Å². The number of amides is 1. The average molecular weight is 650 g/mol. The predicted molar refractivity (Wildman–Crippen MR) is 150 cm³/mol. The van der Waals surface area contributed by atoms with Gasteiger partial charge in [0.25, 0.3) is 0 Å². The van der Waals surface area contributed by atoms with E-state index in [1.807, 2.05) is 24.3 Å². The molecule has 0 radical (unpaired) electrons. The average Bonchev–Trinajstić information content (AvgIpc) is 3.17. The van der Waals surface area contributed by atoms with Gasteiger partial charge in [-0.3, -0.25) is 4.79 Å². The van der Waals surface area contributed by atoms with Gasteiger partial charge < -0.3 is 9.64 Å². The van der Waals surface area contributed by atoms with Gasteiger partial charge in [0.1, 0.15) is 11.6 Å². The summed E-state index contributed by atoms with van der Waals surface area (Å²) < 4.78 is 35.6. The molecule has 3 aromatic carbocycles. The highest BCUT2D eigenvalue weighted by molar-refractivity contribution is 9.10. The maximum absolute atomic E-state index is 13.2. The minimum absolute atomic E-state index is 0.0780. The van der Waals surface area contributed by atoms with Gasteiger partial charge in [-0.1, -0.05) is 56.1 Å². The number of nitrogens with one attached hydrogen (secondary N) is 1. The van der Waals surface area contributed by atoms with Crippen molar-refractivity contribution in [1.82, 2.24) is 4.72 Å². The molecule has 1 unspecified atom stereocenters. The summed E-state index contributed by atoms with van der Waals surface area (Å²) in [6.45, 7) is 5.63. The molecule has 1 aliphatic heterocycles. The number of rotatable bonds is 6. The van der Waals surface area contributed by atoms with Gasteiger partial charge >= 0.3 is 5.97 Å². The normalized spacial score (nSPS) is 16.2. The monoisotopic (exact) mass is 648 g/mol. The standard InChI is InChI=1S/C27H26Br2N2O5S/c1-27(2,3)36-26(33)19-14-21(29)16-22(15-19)31-13-12-24(25(31)32)30-37(34,35)23-10-6-18(7-11-23)17-4-8-20(28)9-5-17/h4-11,14-16,24,30H,12-13H2,1-3H3. The molecule has 194 valence electrons. The van der Waals surface area contributed by atoms with Crippen LogP contribution in [0.15, 0.2) is 80.6 Å². The SMILES string of the molecule is CC(C)(C)OC(=O)c1cc(Br)cc(N2CCC(NS(=O)(=O)c3ccc(-c4ccc(Br)cc4)cc3)C2=O)c1. The molecule has 0 bridgehead atoms. The van der Waals surface area contributed by atoms with E-state index in [1.54, 1.807) is 51.1 Å². The molecule has 1 heterocycles. The summed E-state index contributed by atoms with van der Waals surface area (Å²) in [5, 5.41) is 0. The Morgan fingerprint density at radius 2 is 1.54 bits per heavy atom. The van der Waals surface area contributed by atoms with Crippen molar-refractivity contribution in [1.29, 1.82) is 0 Å². The molecule has 0 spiro atoms. The van der Waals surface area contributed by atoms with Gasteiger partial charge in [0.05, 0.1) is 10.5 Å². The van der Waals surface area contributed by atoms with Gasteiger partial charge in [-0.2, -0.15) is 4.72 Å². The quantitative estimate of drug-likeness (QED) is 0.335. The highest BCUT2D eigenvalue weighted by atomic mass is 79.9. The Kier molecular flexibility index (Phi) is 7.94. The van der Waals surface area contributed by atoms with E-state index in [0.717, 1.165) is 15.6 Å². The fourth-order valence-corrected chi connectivity index (χ4v) is 5.92. The van der Waals surface area contributed by atoms with Gasteiger partial charge in [0.2, 0.25) is 15.9 Å². The van der Waals surface area contributed by atoms with E-state index in [0.29, 0.717) is 28.7 Å². The molecular weight excluding hydrogens is 624 g/mol. The maximum atomic E-state index is 13.2. The summed E-state index contributed by atoms with van der Waals surface area (Å²) in [5.74, 6) is -0.895. The molecule has 3 aromatic rings. The molecule has 4 rings (SSSR count). The van der Waals surface area contributed by atoms with Crippen molar-refractivity contribution in [3.8, 4) is 11.1 Å². The minimum atomic E-state index is -3.93. The fraction of sp³-hybridized carbons (Fsp3) is 0.259. The van der Waals surface area contributed by atoms with E-state index in [-0.39, 0.29) is 10.8 Å². The lowest BCUT2D eigenvalue weighted by atomic mass is 10.1. The molecule has 1 atom stereocenters. The molecule has 1 aliphatic rings. The maximum Gasteiger partial charge on any atom is 0.338 e. The van der Waals surface area contributed by atoms with Crippen molar-refractivity contribution >= 4 is 59.4 Å². The first-order chi connectivity index (χ1) is 17.3. The van der Waals surface area contributed by atoms with Crippen LogP contribution in [-0.2, 0) is 19.6 Å². The van der Waals surface area contributed by atoms with E-state index < -0.39 is 27.6 Å². The zero-order valence-corrected chi connectivity index (χ0v) is 24.5.